The van der Waals surface area contributed by atoms with Gasteiger partial charge in [-0.15, -0.1) is 0 Å². The predicted molar refractivity (Wildman–Crippen MR) is 104 cm³/mol. The van der Waals surface area contributed by atoms with Crippen LogP contribution in [0.5, 0.6) is 0 Å². The SMILES string of the molecule is c1ccc(-c2ncc(CN3CCc4[nH]cnc4C3c3ccncc3)cn2)nc1. The maximum absolute atomic E-state index is 4.60. The molecule has 5 rings (SSSR count). The average Bonchev–Trinajstić information content (AvgIpc) is 3.24. The lowest BCUT2D eigenvalue weighted by Gasteiger charge is -2.35. The quantitative estimate of drug-likeness (QED) is 0.596. The Labute approximate surface area is 162 Å². The van der Waals surface area contributed by atoms with Gasteiger partial charge in [-0.05, 0) is 29.8 Å². The van der Waals surface area contributed by atoms with Gasteiger partial charge in [0.1, 0.15) is 5.69 Å². The normalized spacial score (nSPS) is 16.6. The number of hydrogen-bond donors (Lipinski definition) is 1. The maximum atomic E-state index is 4.60. The summed E-state index contributed by atoms with van der Waals surface area (Å²) < 4.78 is 0. The predicted octanol–water partition coefficient (Wildman–Crippen LogP) is 2.80. The van der Waals surface area contributed by atoms with E-state index in [2.05, 4.69) is 46.9 Å². The summed E-state index contributed by atoms with van der Waals surface area (Å²) in [6.07, 6.45) is 11.9. The van der Waals surface area contributed by atoms with Gasteiger partial charge in [-0.25, -0.2) is 15.0 Å². The Bertz CT molecular complexity index is 1050. The molecule has 5 heterocycles. The Kier molecular flexibility index (Phi) is 4.34. The molecule has 138 valence electrons. The number of nitrogens with one attached hydrogen (secondary N) is 1. The number of aromatic nitrogens is 6. The summed E-state index contributed by atoms with van der Waals surface area (Å²) in [5, 5.41) is 0. The smallest absolute Gasteiger partial charge is 0.178 e. The van der Waals surface area contributed by atoms with E-state index in [1.54, 1.807) is 12.5 Å². The van der Waals surface area contributed by atoms with Crippen molar-refractivity contribution in [3.8, 4) is 11.5 Å². The highest BCUT2D eigenvalue weighted by atomic mass is 15.2. The second-order valence-corrected chi connectivity index (χ2v) is 6.80. The maximum Gasteiger partial charge on any atom is 0.178 e. The van der Waals surface area contributed by atoms with Crippen LogP contribution in [0, 0.1) is 0 Å². The van der Waals surface area contributed by atoms with E-state index in [0.717, 1.165) is 36.5 Å². The number of H-pyrrole nitrogens is 1. The van der Waals surface area contributed by atoms with E-state index in [4.69, 9.17) is 0 Å². The van der Waals surface area contributed by atoms with Crippen molar-refractivity contribution < 1.29 is 0 Å². The number of imidazole rings is 1. The van der Waals surface area contributed by atoms with Gasteiger partial charge in [0.25, 0.3) is 0 Å². The zero-order valence-corrected chi connectivity index (χ0v) is 15.2. The van der Waals surface area contributed by atoms with Gasteiger partial charge in [0.15, 0.2) is 5.82 Å². The average molecular weight is 369 g/mol. The van der Waals surface area contributed by atoms with Crippen LogP contribution in [0.3, 0.4) is 0 Å². The molecule has 0 saturated heterocycles. The van der Waals surface area contributed by atoms with Gasteiger partial charge in [0, 0.05) is 61.8 Å². The minimum atomic E-state index is 0.0912. The number of hydrogen-bond acceptors (Lipinski definition) is 6. The van der Waals surface area contributed by atoms with Crippen LogP contribution in [0.1, 0.15) is 28.6 Å². The molecule has 0 fully saturated rings. The standard InChI is InChI=1S/C21H19N7/c1-2-7-23-18(3-1)21-24-11-15(12-25-21)13-28-10-6-17-19(27-14-26-17)20(28)16-4-8-22-9-5-16/h1-5,7-9,11-12,14,20H,6,10,13H2,(H,26,27). The topological polar surface area (TPSA) is 83.5 Å². The monoisotopic (exact) mass is 369 g/mol. The third-order valence-corrected chi connectivity index (χ3v) is 5.03. The molecule has 1 N–H and O–H groups in total. The van der Waals surface area contributed by atoms with Crippen molar-refractivity contribution >= 4 is 0 Å². The molecule has 1 aliphatic heterocycles. The molecule has 0 bridgehead atoms. The van der Waals surface area contributed by atoms with Crippen LogP contribution >= 0.6 is 0 Å². The van der Waals surface area contributed by atoms with E-state index in [9.17, 15) is 0 Å². The van der Waals surface area contributed by atoms with Crippen molar-refractivity contribution in [3.63, 3.8) is 0 Å². The van der Waals surface area contributed by atoms with Crippen LogP contribution < -0.4 is 0 Å². The second kappa shape index (κ2) is 7.28. The highest BCUT2D eigenvalue weighted by Crippen LogP contribution is 2.33. The molecule has 1 atom stereocenters. The molecule has 0 radical (unpaired) electrons. The van der Waals surface area contributed by atoms with E-state index in [1.807, 2.05) is 43.0 Å². The molecule has 0 spiro atoms. The van der Waals surface area contributed by atoms with Crippen LogP contribution in [0.15, 0.2) is 67.6 Å². The first-order valence-electron chi connectivity index (χ1n) is 9.27. The van der Waals surface area contributed by atoms with Crippen LogP contribution in [-0.2, 0) is 13.0 Å². The highest BCUT2D eigenvalue weighted by molar-refractivity contribution is 5.47. The highest BCUT2D eigenvalue weighted by Gasteiger charge is 2.31. The van der Waals surface area contributed by atoms with Crippen molar-refractivity contribution in [2.24, 2.45) is 0 Å². The number of aromatic amines is 1. The molecule has 0 aliphatic carbocycles. The molecule has 28 heavy (non-hydrogen) atoms. The van der Waals surface area contributed by atoms with E-state index >= 15 is 0 Å². The van der Waals surface area contributed by atoms with Crippen molar-refractivity contribution in [2.45, 2.75) is 19.0 Å². The molecule has 1 unspecified atom stereocenters. The van der Waals surface area contributed by atoms with Gasteiger partial charge in [0.05, 0.1) is 18.1 Å². The lowest BCUT2D eigenvalue weighted by Crippen LogP contribution is -2.35. The summed E-state index contributed by atoms with van der Waals surface area (Å²) in [6.45, 7) is 1.69. The molecule has 7 nitrogen and oxygen atoms in total. The lowest BCUT2D eigenvalue weighted by molar-refractivity contribution is 0.200. The molecule has 4 aromatic heterocycles. The third-order valence-electron chi connectivity index (χ3n) is 5.03. The molecule has 4 aromatic rings. The zero-order chi connectivity index (χ0) is 18.8. The second-order valence-electron chi connectivity index (χ2n) is 6.80. The molecule has 0 amide bonds. The first-order chi connectivity index (χ1) is 13.9. The number of pyridine rings is 2. The van der Waals surface area contributed by atoms with E-state index < -0.39 is 0 Å². The number of fused-ring (bicyclic) bond motifs is 1. The van der Waals surface area contributed by atoms with Crippen molar-refractivity contribution in [1.29, 1.82) is 0 Å². The molecule has 0 saturated carbocycles. The van der Waals surface area contributed by atoms with Crippen LogP contribution in [0.2, 0.25) is 0 Å². The van der Waals surface area contributed by atoms with Crippen molar-refractivity contribution in [3.05, 3.63) is 90.2 Å². The van der Waals surface area contributed by atoms with Crippen LogP contribution in [0.4, 0.5) is 0 Å². The fourth-order valence-corrected chi connectivity index (χ4v) is 3.71. The first-order valence-corrected chi connectivity index (χ1v) is 9.27. The van der Waals surface area contributed by atoms with E-state index in [1.165, 1.54) is 11.3 Å². The van der Waals surface area contributed by atoms with Gasteiger partial charge in [0.2, 0.25) is 0 Å². The largest absolute Gasteiger partial charge is 0.348 e. The Hall–Kier alpha value is -3.45. The third kappa shape index (κ3) is 3.16. The lowest BCUT2D eigenvalue weighted by atomic mass is 9.96. The van der Waals surface area contributed by atoms with E-state index in [0.29, 0.717) is 5.82 Å². The summed E-state index contributed by atoms with van der Waals surface area (Å²) in [6, 6.07) is 9.95. The molecule has 7 heteroatoms. The van der Waals surface area contributed by atoms with Gasteiger partial charge in [-0.1, -0.05) is 6.07 Å². The minimum absolute atomic E-state index is 0.0912. The summed E-state index contributed by atoms with van der Waals surface area (Å²) in [7, 11) is 0. The molecule has 0 aromatic carbocycles. The summed E-state index contributed by atoms with van der Waals surface area (Å²) in [5.41, 5.74) is 5.33. The molecular weight excluding hydrogens is 350 g/mol. The molecular formula is C21H19N7. The summed E-state index contributed by atoms with van der Waals surface area (Å²) in [5.74, 6) is 0.642. The Morgan fingerprint density at radius 3 is 2.61 bits per heavy atom. The first kappa shape index (κ1) is 16.7. The van der Waals surface area contributed by atoms with Crippen LogP contribution in [0.25, 0.3) is 11.5 Å². The zero-order valence-electron chi connectivity index (χ0n) is 15.2. The van der Waals surface area contributed by atoms with Crippen molar-refractivity contribution in [1.82, 2.24) is 34.8 Å². The fourth-order valence-electron chi connectivity index (χ4n) is 3.71. The summed E-state index contributed by atoms with van der Waals surface area (Å²) >= 11 is 0. The van der Waals surface area contributed by atoms with E-state index in [-0.39, 0.29) is 6.04 Å². The van der Waals surface area contributed by atoms with Gasteiger partial charge < -0.3 is 4.98 Å². The molecule has 1 aliphatic rings. The Morgan fingerprint density at radius 1 is 0.964 bits per heavy atom. The van der Waals surface area contributed by atoms with Gasteiger partial charge in [-0.3, -0.25) is 14.9 Å². The number of nitrogens with zero attached hydrogens (tertiary/aromatic N) is 6. The summed E-state index contributed by atoms with van der Waals surface area (Å²) in [4.78, 5) is 27.8. The van der Waals surface area contributed by atoms with Crippen molar-refractivity contribution in [2.75, 3.05) is 6.54 Å². The fraction of sp³-hybridized carbons (Fsp3) is 0.190. The van der Waals surface area contributed by atoms with Gasteiger partial charge >= 0.3 is 0 Å². The van der Waals surface area contributed by atoms with Crippen LogP contribution in [-0.4, -0.2) is 41.3 Å². The number of rotatable bonds is 4. The Morgan fingerprint density at radius 2 is 1.82 bits per heavy atom. The Balaban J connectivity index is 1.42. The van der Waals surface area contributed by atoms with Gasteiger partial charge in [-0.2, -0.15) is 0 Å². The minimum Gasteiger partial charge on any atom is -0.348 e.